The maximum absolute atomic E-state index is 12.9. The molecule has 2 heterocycles. The Labute approximate surface area is 176 Å². The molecule has 1 aliphatic rings. The second-order valence-electron chi connectivity index (χ2n) is 7.57. The molecule has 3 aromatic rings. The first-order valence-electron chi connectivity index (χ1n) is 10.2. The fraction of sp³-hybridized carbons (Fsp3) is 0.292. The number of nitrogens with zero attached hydrogens (tertiary/aromatic N) is 3. The van der Waals surface area contributed by atoms with Crippen LogP contribution in [-0.4, -0.2) is 36.3 Å². The molecule has 1 fully saturated rings. The molecule has 4 rings (SSSR count). The maximum Gasteiger partial charge on any atom is 0.229 e. The van der Waals surface area contributed by atoms with Gasteiger partial charge in [-0.3, -0.25) is 4.79 Å². The highest BCUT2D eigenvalue weighted by Gasteiger charge is 2.27. The van der Waals surface area contributed by atoms with Crippen LogP contribution in [0.1, 0.15) is 18.4 Å². The number of benzene rings is 2. The predicted molar refractivity (Wildman–Crippen MR) is 119 cm³/mol. The van der Waals surface area contributed by atoms with Gasteiger partial charge >= 0.3 is 0 Å². The zero-order valence-electron chi connectivity index (χ0n) is 17.3. The number of hydrogen-bond donors (Lipinski definition) is 1. The Balaban J connectivity index is 1.45. The van der Waals surface area contributed by atoms with Gasteiger partial charge in [-0.2, -0.15) is 0 Å². The van der Waals surface area contributed by atoms with Crippen molar-refractivity contribution in [3.05, 3.63) is 66.2 Å². The summed E-state index contributed by atoms with van der Waals surface area (Å²) >= 11 is 0. The van der Waals surface area contributed by atoms with E-state index in [4.69, 9.17) is 4.74 Å². The van der Waals surface area contributed by atoms with Crippen molar-refractivity contribution in [2.45, 2.75) is 19.8 Å². The first-order chi connectivity index (χ1) is 14.7. The molecule has 1 saturated heterocycles. The highest BCUT2D eigenvalue weighted by atomic mass is 16.5. The molecular formula is C24H26N4O2. The molecule has 0 spiro atoms. The van der Waals surface area contributed by atoms with Crippen molar-refractivity contribution in [3.63, 3.8) is 0 Å². The molecule has 1 aromatic heterocycles. The number of anilines is 2. The summed E-state index contributed by atoms with van der Waals surface area (Å²) < 4.78 is 5.34. The smallest absolute Gasteiger partial charge is 0.229 e. The van der Waals surface area contributed by atoms with Crippen molar-refractivity contribution in [2.24, 2.45) is 5.92 Å². The van der Waals surface area contributed by atoms with E-state index < -0.39 is 0 Å². The molecule has 0 radical (unpaired) electrons. The summed E-state index contributed by atoms with van der Waals surface area (Å²) in [5, 5.41) is 11.9. The van der Waals surface area contributed by atoms with Crippen molar-refractivity contribution >= 4 is 17.4 Å². The number of aryl methyl sites for hydroxylation is 1. The lowest BCUT2D eigenvalue weighted by atomic mass is 9.97. The van der Waals surface area contributed by atoms with Crippen LogP contribution in [0, 0.1) is 12.8 Å². The van der Waals surface area contributed by atoms with Crippen LogP contribution >= 0.6 is 0 Å². The first kappa shape index (κ1) is 19.9. The fourth-order valence-electron chi connectivity index (χ4n) is 3.88. The molecule has 0 aliphatic carbocycles. The molecule has 6 heteroatoms. The molecule has 0 bridgehead atoms. The molecule has 1 N–H and O–H groups in total. The molecule has 1 atom stereocenters. The van der Waals surface area contributed by atoms with E-state index in [1.807, 2.05) is 48.5 Å². The van der Waals surface area contributed by atoms with Crippen molar-refractivity contribution in [1.82, 2.24) is 10.2 Å². The van der Waals surface area contributed by atoms with Crippen molar-refractivity contribution < 1.29 is 9.53 Å². The Hall–Kier alpha value is -3.41. The Morgan fingerprint density at radius 3 is 2.63 bits per heavy atom. The van der Waals surface area contributed by atoms with Crippen LogP contribution in [0.2, 0.25) is 0 Å². The van der Waals surface area contributed by atoms with Crippen LogP contribution in [0.5, 0.6) is 5.75 Å². The quantitative estimate of drug-likeness (QED) is 0.689. The van der Waals surface area contributed by atoms with E-state index in [1.165, 1.54) is 5.56 Å². The lowest BCUT2D eigenvalue weighted by molar-refractivity contribution is -0.120. The van der Waals surface area contributed by atoms with Gasteiger partial charge in [0, 0.05) is 18.7 Å². The number of hydrogen-bond acceptors (Lipinski definition) is 5. The molecule has 1 amide bonds. The second-order valence-corrected chi connectivity index (χ2v) is 7.57. The van der Waals surface area contributed by atoms with Gasteiger partial charge in [-0.05, 0) is 49.6 Å². The molecule has 2 aromatic carbocycles. The molecule has 154 valence electrons. The van der Waals surface area contributed by atoms with E-state index in [0.29, 0.717) is 18.0 Å². The topological polar surface area (TPSA) is 67.3 Å². The Kier molecular flexibility index (Phi) is 5.93. The minimum atomic E-state index is -0.110. The number of amides is 1. The van der Waals surface area contributed by atoms with Gasteiger partial charge in [-0.1, -0.05) is 36.4 Å². The number of aromatic nitrogens is 2. The van der Waals surface area contributed by atoms with Crippen LogP contribution in [0.3, 0.4) is 0 Å². The average molecular weight is 402 g/mol. The van der Waals surface area contributed by atoms with Gasteiger partial charge in [0.05, 0.1) is 24.4 Å². The highest BCUT2D eigenvalue weighted by Crippen LogP contribution is 2.27. The van der Waals surface area contributed by atoms with Crippen molar-refractivity contribution in [3.8, 4) is 17.0 Å². The molecular weight excluding hydrogens is 376 g/mol. The SMILES string of the molecule is COc1ccccc1NC(=O)C1CCCN(c2ccc(-c3ccccc3C)nn2)C1. The zero-order chi connectivity index (χ0) is 20.9. The third-order valence-electron chi connectivity index (χ3n) is 5.55. The van der Waals surface area contributed by atoms with E-state index in [2.05, 4.69) is 39.5 Å². The summed E-state index contributed by atoms with van der Waals surface area (Å²) in [7, 11) is 1.60. The van der Waals surface area contributed by atoms with Gasteiger partial charge in [0.25, 0.3) is 0 Å². The maximum atomic E-state index is 12.9. The Morgan fingerprint density at radius 1 is 1.07 bits per heavy atom. The summed E-state index contributed by atoms with van der Waals surface area (Å²) in [6.45, 7) is 3.57. The molecule has 1 aliphatic heterocycles. The Morgan fingerprint density at radius 2 is 1.87 bits per heavy atom. The van der Waals surface area contributed by atoms with Gasteiger partial charge in [-0.15, -0.1) is 10.2 Å². The highest BCUT2D eigenvalue weighted by molar-refractivity contribution is 5.94. The standard InChI is InChI=1S/C24H26N4O2/c1-17-8-3-4-10-19(17)20-13-14-23(27-26-20)28-15-7-9-18(16-28)24(29)25-21-11-5-6-12-22(21)30-2/h3-6,8,10-14,18H,7,9,15-16H2,1-2H3,(H,25,29). The van der Waals surface area contributed by atoms with Crippen LogP contribution in [0.4, 0.5) is 11.5 Å². The molecule has 30 heavy (non-hydrogen) atoms. The van der Waals surface area contributed by atoms with E-state index in [1.54, 1.807) is 7.11 Å². The van der Waals surface area contributed by atoms with Gasteiger partial charge in [-0.25, -0.2) is 0 Å². The van der Waals surface area contributed by atoms with Crippen LogP contribution in [0.25, 0.3) is 11.3 Å². The molecule has 6 nitrogen and oxygen atoms in total. The monoisotopic (exact) mass is 402 g/mol. The van der Waals surface area contributed by atoms with Gasteiger partial charge < -0.3 is 15.0 Å². The first-order valence-corrected chi connectivity index (χ1v) is 10.2. The zero-order valence-corrected chi connectivity index (χ0v) is 17.3. The Bertz CT molecular complexity index is 1020. The summed E-state index contributed by atoms with van der Waals surface area (Å²) in [4.78, 5) is 15.0. The third kappa shape index (κ3) is 4.27. The van der Waals surface area contributed by atoms with Crippen LogP contribution in [-0.2, 0) is 4.79 Å². The number of nitrogens with one attached hydrogen (secondary N) is 1. The lowest BCUT2D eigenvalue weighted by Crippen LogP contribution is -2.41. The van der Waals surface area contributed by atoms with Gasteiger partial charge in [0.15, 0.2) is 5.82 Å². The largest absolute Gasteiger partial charge is 0.495 e. The van der Waals surface area contributed by atoms with Gasteiger partial charge in [0.2, 0.25) is 5.91 Å². The van der Waals surface area contributed by atoms with Crippen molar-refractivity contribution in [1.29, 1.82) is 0 Å². The van der Waals surface area contributed by atoms with E-state index in [9.17, 15) is 4.79 Å². The number of carbonyl (C=O) groups excluding carboxylic acids is 1. The van der Waals surface area contributed by atoms with E-state index in [-0.39, 0.29) is 11.8 Å². The molecule has 0 saturated carbocycles. The third-order valence-corrected chi connectivity index (χ3v) is 5.55. The van der Waals surface area contributed by atoms with Crippen LogP contribution < -0.4 is 15.0 Å². The number of carbonyl (C=O) groups is 1. The van der Waals surface area contributed by atoms with E-state index >= 15 is 0 Å². The normalized spacial score (nSPS) is 16.2. The summed E-state index contributed by atoms with van der Waals surface area (Å²) in [5.41, 5.74) is 3.82. The number of methoxy groups -OCH3 is 1. The average Bonchev–Trinajstić information content (AvgIpc) is 2.80. The van der Waals surface area contributed by atoms with Crippen molar-refractivity contribution in [2.75, 3.05) is 30.4 Å². The summed E-state index contributed by atoms with van der Waals surface area (Å²) in [5.74, 6) is 1.37. The summed E-state index contributed by atoms with van der Waals surface area (Å²) in [6.07, 6.45) is 1.79. The second kappa shape index (κ2) is 8.95. The van der Waals surface area contributed by atoms with Crippen LogP contribution in [0.15, 0.2) is 60.7 Å². The number of piperidine rings is 1. The van der Waals surface area contributed by atoms with Gasteiger partial charge in [0.1, 0.15) is 5.75 Å². The lowest BCUT2D eigenvalue weighted by Gasteiger charge is -2.32. The minimum absolute atomic E-state index is 0.00805. The number of ether oxygens (including phenoxy) is 1. The van der Waals surface area contributed by atoms with E-state index in [0.717, 1.165) is 36.5 Å². The predicted octanol–water partition coefficient (Wildman–Crippen LogP) is 4.32. The number of rotatable bonds is 5. The minimum Gasteiger partial charge on any atom is -0.495 e. The fourth-order valence-corrected chi connectivity index (χ4v) is 3.88. The molecule has 1 unspecified atom stereocenters. The summed E-state index contributed by atoms with van der Waals surface area (Å²) in [6, 6.07) is 19.6. The number of para-hydroxylation sites is 2.